The van der Waals surface area contributed by atoms with E-state index in [1.165, 1.54) is 109 Å². The average Bonchev–Trinajstić information content (AvgIpc) is 1.86. The first kappa shape index (κ1) is 93.0. The molecule has 0 spiro atoms. The smallest absolute Gasteiger partial charge is 0.463 e. The third-order valence-corrected chi connectivity index (χ3v) is 17.6. The maximum atomic E-state index is 13.0. The predicted molar refractivity (Wildman–Crippen MR) is 399 cm³/mol. The second-order valence-corrected chi connectivity index (χ2v) is 28.0. The molecule has 0 fully saturated rings. The van der Waals surface area contributed by atoms with E-state index in [1.54, 1.807) is 0 Å². The van der Waals surface area contributed by atoms with Crippen molar-refractivity contribution in [3.63, 3.8) is 0 Å². The Bertz CT molecular complexity index is 2250. The largest absolute Gasteiger partial charge is 0.472 e. The van der Waals surface area contributed by atoms with Crippen LogP contribution < -0.4 is 0 Å². The highest BCUT2D eigenvalue weighted by atomic mass is 31.2. The molecule has 18 heteroatoms. The second-order valence-electron chi connectivity index (χ2n) is 25.0. The van der Waals surface area contributed by atoms with E-state index in [9.17, 15) is 43.5 Å². The van der Waals surface area contributed by atoms with Gasteiger partial charge in [-0.05, 0) is 109 Å². The summed E-state index contributed by atoms with van der Waals surface area (Å²) in [7, 11) is -9.79. The Morgan fingerprint density at radius 1 is 0.299 bits per heavy atom. The normalized spacial score (nSPS) is 14.8. The number of ether oxygens (including phenoxy) is 3. The van der Waals surface area contributed by atoms with Gasteiger partial charge in [0, 0.05) is 19.3 Å². The Labute approximate surface area is 589 Å². The minimum atomic E-state index is -4.93. The van der Waals surface area contributed by atoms with Crippen molar-refractivity contribution in [2.45, 2.75) is 322 Å². The zero-order valence-corrected chi connectivity index (χ0v) is 62.5. The van der Waals surface area contributed by atoms with Crippen molar-refractivity contribution in [1.82, 2.24) is 0 Å². The number of phosphoric ester groups is 2. The molecule has 5 unspecified atom stereocenters. The summed E-state index contributed by atoms with van der Waals surface area (Å²) in [5.74, 6) is -1.61. The topological polar surface area (TPSA) is 231 Å². The first-order chi connectivity index (χ1) is 47.2. The van der Waals surface area contributed by atoms with Gasteiger partial charge in [0.15, 0.2) is 6.10 Å². The van der Waals surface area contributed by atoms with Crippen LogP contribution in [0.4, 0.5) is 0 Å². The molecule has 0 rings (SSSR count). The molecular formula is C79H136O16P2. The van der Waals surface area contributed by atoms with E-state index in [0.717, 1.165) is 135 Å². The second kappa shape index (κ2) is 71.8. The molecule has 5 atom stereocenters. The zero-order valence-electron chi connectivity index (χ0n) is 60.7. The van der Waals surface area contributed by atoms with Crippen LogP contribution >= 0.6 is 15.6 Å². The van der Waals surface area contributed by atoms with Crippen LogP contribution in [0.5, 0.6) is 0 Å². The summed E-state index contributed by atoms with van der Waals surface area (Å²) in [6.45, 7) is 2.43. The number of carbonyl (C=O) groups is 3. The van der Waals surface area contributed by atoms with Gasteiger partial charge in [0.2, 0.25) is 0 Å². The highest BCUT2D eigenvalue weighted by Gasteiger charge is 2.29. The maximum Gasteiger partial charge on any atom is 0.472 e. The van der Waals surface area contributed by atoms with Gasteiger partial charge < -0.3 is 34.2 Å². The first-order valence-corrected chi connectivity index (χ1v) is 40.8. The minimum Gasteiger partial charge on any atom is -0.463 e. The Hall–Kier alpha value is -4.05. The number of unbranched alkanes of at least 4 members (excludes halogenated alkanes) is 28. The van der Waals surface area contributed by atoms with Crippen LogP contribution in [0.1, 0.15) is 303 Å². The SMILES string of the molecule is CC/C=C\C/C=C\C/C=C\C/C=C\C/C=C\CCCCCCCCCCCCCC(=O)OCC(O)COP(=O)(O)OCC(O)COP(=O)(O)OCC(COC(=O)CCCCC/C=C\C/C=C\C/C=C\C/C=C\C/C=C\CC)OC(=O)CCCCCCCCCCCCCCCCC. The molecule has 0 amide bonds. The van der Waals surface area contributed by atoms with Crippen molar-refractivity contribution in [2.24, 2.45) is 0 Å². The lowest BCUT2D eigenvalue weighted by Gasteiger charge is -2.21. The van der Waals surface area contributed by atoms with Crippen LogP contribution in [0.15, 0.2) is 122 Å². The van der Waals surface area contributed by atoms with Gasteiger partial charge in [0.05, 0.1) is 26.4 Å². The molecule has 0 aliphatic heterocycles. The maximum absolute atomic E-state index is 13.0. The highest BCUT2D eigenvalue weighted by molar-refractivity contribution is 7.47. The lowest BCUT2D eigenvalue weighted by molar-refractivity contribution is -0.161. The summed E-state index contributed by atoms with van der Waals surface area (Å²) in [6.07, 6.45) is 83.9. The van der Waals surface area contributed by atoms with Gasteiger partial charge in [0.1, 0.15) is 25.4 Å². The van der Waals surface area contributed by atoms with Crippen LogP contribution in [-0.4, -0.2) is 95.9 Å². The lowest BCUT2D eigenvalue weighted by atomic mass is 10.0. The molecule has 0 radical (unpaired) electrons. The van der Waals surface area contributed by atoms with Crippen LogP contribution in [0, 0.1) is 0 Å². The molecule has 16 nitrogen and oxygen atoms in total. The molecular weight excluding hydrogens is 1270 g/mol. The van der Waals surface area contributed by atoms with Crippen molar-refractivity contribution in [2.75, 3.05) is 39.6 Å². The fourth-order valence-electron chi connectivity index (χ4n) is 9.98. The number of aliphatic hydroxyl groups excluding tert-OH is 2. The summed E-state index contributed by atoms with van der Waals surface area (Å²) in [5.41, 5.74) is 0. The van der Waals surface area contributed by atoms with Crippen molar-refractivity contribution in [3.05, 3.63) is 122 Å². The average molecular weight is 1400 g/mol. The number of allylic oxidation sites excluding steroid dienone is 20. The Balaban J connectivity index is 4.57. The molecule has 4 N–H and O–H groups in total. The van der Waals surface area contributed by atoms with E-state index in [2.05, 4.69) is 142 Å². The van der Waals surface area contributed by atoms with E-state index < -0.39 is 91.5 Å². The molecule has 0 heterocycles. The van der Waals surface area contributed by atoms with Gasteiger partial charge in [-0.3, -0.25) is 32.5 Å². The lowest BCUT2D eigenvalue weighted by Crippen LogP contribution is -2.30. The molecule has 0 aromatic rings. The quantitative estimate of drug-likeness (QED) is 0.0146. The highest BCUT2D eigenvalue weighted by Crippen LogP contribution is 2.45. The molecule has 0 saturated heterocycles. The summed E-state index contributed by atoms with van der Waals surface area (Å²) >= 11 is 0. The van der Waals surface area contributed by atoms with Crippen molar-refractivity contribution >= 4 is 33.6 Å². The fraction of sp³-hybridized carbons (Fsp3) is 0.709. The molecule has 0 bridgehead atoms. The summed E-state index contributed by atoms with van der Waals surface area (Å²) in [6, 6.07) is 0. The van der Waals surface area contributed by atoms with Gasteiger partial charge in [-0.15, -0.1) is 0 Å². The number of phosphoric acid groups is 2. The van der Waals surface area contributed by atoms with Gasteiger partial charge in [-0.1, -0.05) is 296 Å². The molecule has 0 aliphatic carbocycles. The first-order valence-electron chi connectivity index (χ1n) is 37.8. The Kier molecular flexibility index (Phi) is 68.8. The van der Waals surface area contributed by atoms with Crippen LogP contribution in [0.3, 0.4) is 0 Å². The van der Waals surface area contributed by atoms with Crippen molar-refractivity contribution in [1.29, 1.82) is 0 Å². The minimum absolute atomic E-state index is 0.0986. The Morgan fingerprint density at radius 3 is 0.876 bits per heavy atom. The van der Waals surface area contributed by atoms with Crippen molar-refractivity contribution < 1.29 is 75.8 Å². The Morgan fingerprint density at radius 2 is 0.546 bits per heavy atom. The number of carbonyl (C=O) groups excluding carboxylic acids is 3. The number of hydrogen-bond acceptors (Lipinski definition) is 14. The predicted octanol–water partition coefficient (Wildman–Crippen LogP) is 21.8. The zero-order chi connectivity index (χ0) is 70.9. The monoisotopic (exact) mass is 1400 g/mol. The standard InChI is InChI=1S/C79H136O16P2/c1-4-7-10-13-16-19-22-25-28-30-32-33-34-35-36-37-38-39-41-43-45-47-50-53-56-59-62-65-77(82)89-68-74(80)69-91-96(85,86)92-70-75(81)71-93-97(87,88)94-73-76(95-79(84)67-64-61-58-55-52-49-44-27-24-21-18-15-12-9-6-3)72-90-78(83)66-63-60-57-54-51-48-46-42-40-31-29-26-23-20-17-14-11-8-5-2/h7-8,10-11,16-17,19-20,25-26,28-29,32-33,35-36,40,42,48,51,74-76,80-81H,4-6,9,12-15,18,21-24,27,30-31,34,37-39,41,43-47,49-50,52-73H2,1-3H3,(H,85,86)(H,87,88)/b10-7-,11-8-,19-16-,20-17-,28-25-,29-26-,33-32-,36-35-,42-40-,51-48-. The fourth-order valence-corrected chi connectivity index (χ4v) is 11.6. The summed E-state index contributed by atoms with van der Waals surface area (Å²) in [4.78, 5) is 58.6. The number of aliphatic hydroxyl groups is 2. The van der Waals surface area contributed by atoms with Gasteiger partial charge in [-0.2, -0.15) is 0 Å². The number of esters is 3. The molecule has 0 saturated carbocycles. The molecule has 97 heavy (non-hydrogen) atoms. The molecule has 0 aromatic heterocycles. The van der Waals surface area contributed by atoms with Gasteiger partial charge in [0.25, 0.3) is 0 Å². The van der Waals surface area contributed by atoms with Gasteiger partial charge in [-0.25, -0.2) is 9.13 Å². The van der Waals surface area contributed by atoms with E-state index in [0.29, 0.717) is 19.3 Å². The van der Waals surface area contributed by atoms with E-state index in [-0.39, 0.29) is 19.3 Å². The van der Waals surface area contributed by atoms with Crippen LogP contribution in [0.25, 0.3) is 0 Å². The van der Waals surface area contributed by atoms with E-state index >= 15 is 0 Å². The van der Waals surface area contributed by atoms with E-state index in [4.69, 9.17) is 32.3 Å². The third-order valence-electron chi connectivity index (χ3n) is 15.7. The summed E-state index contributed by atoms with van der Waals surface area (Å²) < 4.78 is 61.0. The van der Waals surface area contributed by atoms with Crippen molar-refractivity contribution in [3.8, 4) is 0 Å². The molecule has 0 aromatic carbocycles. The number of rotatable bonds is 71. The van der Waals surface area contributed by atoms with Gasteiger partial charge >= 0.3 is 33.6 Å². The number of hydrogen-bond donors (Lipinski definition) is 4. The van der Waals surface area contributed by atoms with Crippen LogP contribution in [0.2, 0.25) is 0 Å². The van der Waals surface area contributed by atoms with Crippen LogP contribution in [-0.2, 0) is 55.8 Å². The molecule has 558 valence electrons. The van der Waals surface area contributed by atoms with E-state index in [1.807, 2.05) is 0 Å². The third kappa shape index (κ3) is 73.0. The molecule has 0 aliphatic rings. The summed E-state index contributed by atoms with van der Waals surface area (Å²) in [5, 5.41) is 20.6.